The van der Waals surface area contributed by atoms with Crippen molar-refractivity contribution in [3.8, 4) is 0 Å². The van der Waals surface area contributed by atoms with Crippen LogP contribution < -0.4 is 5.32 Å². The van der Waals surface area contributed by atoms with Gasteiger partial charge >= 0.3 is 6.18 Å². The lowest BCUT2D eigenvalue weighted by atomic mass is 9.91. The van der Waals surface area contributed by atoms with Gasteiger partial charge in [0.05, 0.1) is 10.9 Å². The molecule has 1 aromatic carbocycles. The highest BCUT2D eigenvalue weighted by atomic mass is 32.1. The van der Waals surface area contributed by atoms with Crippen molar-refractivity contribution in [1.82, 2.24) is 10.3 Å². The van der Waals surface area contributed by atoms with Gasteiger partial charge in [-0.3, -0.25) is 4.79 Å². The van der Waals surface area contributed by atoms with Crippen molar-refractivity contribution in [2.24, 2.45) is 0 Å². The highest BCUT2D eigenvalue weighted by Gasteiger charge is 2.36. The molecule has 3 rings (SSSR count). The lowest BCUT2D eigenvalue weighted by Gasteiger charge is -2.25. The van der Waals surface area contributed by atoms with Gasteiger partial charge in [-0.05, 0) is 17.5 Å². The number of nitrogens with one attached hydrogen (secondary N) is 1. The van der Waals surface area contributed by atoms with Crippen LogP contribution in [0, 0.1) is 0 Å². The van der Waals surface area contributed by atoms with Crippen LogP contribution in [0.15, 0.2) is 30.5 Å². The Bertz CT molecular complexity index is 681. The van der Waals surface area contributed by atoms with E-state index < -0.39 is 17.2 Å². The maximum Gasteiger partial charge on any atom is 0.443 e. The average molecular weight is 312 g/mol. The van der Waals surface area contributed by atoms with E-state index in [9.17, 15) is 18.0 Å². The van der Waals surface area contributed by atoms with Crippen molar-refractivity contribution < 1.29 is 18.0 Å². The molecule has 21 heavy (non-hydrogen) atoms. The number of rotatable bonds is 2. The SMILES string of the molecule is O=C(c1cnc(C(F)(F)F)s1)C1NCCc2ccccc21. The maximum absolute atomic E-state index is 12.6. The van der Waals surface area contributed by atoms with Crippen molar-refractivity contribution in [3.05, 3.63) is 51.5 Å². The minimum atomic E-state index is -4.51. The lowest BCUT2D eigenvalue weighted by molar-refractivity contribution is -0.137. The summed E-state index contributed by atoms with van der Waals surface area (Å²) in [6.07, 6.45) is -2.70. The lowest BCUT2D eigenvalue weighted by Crippen LogP contribution is -2.34. The zero-order chi connectivity index (χ0) is 15.0. The van der Waals surface area contributed by atoms with Crippen LogP contribution in [0.5, 0.6) is 0 Å². The van der Waals surface area contributed by atoms with E-state index in [1.807, 2.05) is 24.3 Å². The predicted molar refractivity (Wildman–Crippen MR) is 72.3 cm³/mol. The number of hydrogen-bond donors (Lipinski definition) is 1. The Hall–Kier alpha value is -1.73. The molecule has 3 nitrogen and oxygen atoms in total. The molecule has 0 saturated carbocycles. The highest BCUT2D eigenvalue weighted by molar-refractivity contribution is 7.13. The standard InChI is InChI=1S/C14H11F3N2OS/c15-14(16,17)13-19-7-10(21-13)12(20)11-9-4-2-1-3-8(9)5-6-18-11/h1-4,7,11,18H,5-6H2. The van der Waals surface area contributed by atoms with E-state index in [1.54, 1.807) is 0 Å². The normalized spacial score (nSPS) is 18.3. The number of ketones is 1. The number of alkyl halides is 3. The second-order valence-electron chi connectivity index (χ2n) is 4.73. The van der Waals surface area contributed by atoms with Crippen molar-refractivity contribution in [3.63, 3.8) is 0 Å². The molecule has 2 aromatic rings. The number of nitrogens with zero attached hydrogens (tertiary/aromatic N) is 1. The van der Waals surface area contributed by atoms with Crippen LogP contribution in [-0.2, 0) is 12.6 Å². The molecule has 0 bridgehead atoms. The fourth-order valence-electron chi connectivity index (χ4n) is 2.40. The monoisotopic (exact) mass is 312 g/mol. The summed E-state index contributed by atoms with van der Waals surface area (Å²) >= 11 is 0.391. The number of thiazole rings is 1. The number of aromatic nitrogens is 1. The Morgan fingerprint density at radius 2 is 2.10 bits per heavy atom. The van der Waals surface area contributed by atoms with Crippen LogP contribution in [-0.4, -0.2) is 17.3 Å². The average Bonchev–Trinajstić information content (AvgIpc) is 2.96. The van der Waals surface area contributed by atoms with Gasteiger partial charge in [-0.2, -0.15) is 13.2 Å². The Morgan fingerprint density at radius 1 is 1.33 bits per heavy atom. The van der Waals surface area contributed by atoms with Gasteiger partial charge in [0.25, 0.3) is 0 Å². The number of carbonyl (C=O) groups excluding carboxylic acids is 1. The first kappa shape index (κ1) is 14.2. The Kier molecular flexibility index (Phi) is 3.54. The van der Waals surface area contributed by atoms with Gasteiger partial charge in [0, 0.05) is 12.7 Å². The van der Waals surface area contributed by atoms with Crippen LogP contribution in [0.3, 0.4) is 0 Å². The minimum Gasteiger partial charge on any atom is -0.303 e. The van der Waals surface area contributed by atoms with E-state index in [-0.39, 0.29) is 10.7 Å². The molecule has 110 valence electrons. The Morgan fingerprint density at radius 3 is 2.81 bits per heavy atom. The summed E-state index contributed by atoms with van der Waals surface area (Å²) in [5.74, 6) is -0.366. The number of benzene rings is 1. The van der Waals surface area contributed by atoms with Gasteiger partial charge in [-0.25, -0.2) is 4.98 Å². The van der Waals surface area contributed by atoms with Crippen LogP contribution in [0.1, 0.15) is 31.8 Å². The smallest absolute Gasteiger partial charge is 0.303 e. The first-order valence-electron chi connectivity index (χ1n) is 6.35. The number of halogens is 3. The first-order chi connectivity index (χ1) is 9.97. The van der Waals surface area contributed by atoms with Crippen molar-refractivity contribution in [1.29, 1.82) is 0 Å². The number of Topliss-reactive ketones (excluding diaryl/α,β-unsaturated/α-hetero) is 1. The van der Waals surface area contributed by atoms with Crippen LogP contribution in [0.2, 0.25) is 0 Å². The zero-order valence-corrected chi connectivity index (χ0v) is 11.6. The van der Waals surface area contributed by atoms with Gasteiger partial charge in [-0.1, -0.05) is 24.3 Å². The number of hydrogen-bond acceptors (Lipinski definition) is 4. The second-order valence-corrected chi connectivity index (χ2v) is 5.76. The summed E-state index contributed by atoms with van der Waals surface area (Å²) in [7, 11) is 0. The van der Waals surface area contributed by atoms with Crippen molar-refractivity contribution in [2.75, 3.05) is 6.54 Å². The Labute approximate surface area is 122 Å². The molecule has 0 spiro atoms. The quantitative estimate of drug-likeness (QED) is 0.866. The number of fused-ring (bicyclic) bond motifs is 1. The zero-order valence-electron chi connectivity index (χ0n) is 10.8. The molecular weight excluding hydrogens is 301 g/mol. The summed E-state index contributed by atoms with van der Waals surface area (Å²) in [4.78, 5) is 15.8. The third kappa shape index (κ3) is 2.71. The molecule has 1 N–H and O–H groups in total. The highest BCUT2D eigenvalue weighted by Crippen LogP contribution is 2.34. The second kappa shape index (κ2) is 5.23. The van der Waals surface area contributed by atoms with Crippen molar-refractivity contribution >= 4 is 17.1 Å². The molecule has 1 aromatic heterocycles. The third-order valence-corrected chi connectivity index (χ3v) is 4.42. The summed E-state index contributed by atoms with van der Waals surface area (Å²) in [5, 5.41) is 2.08. The molecule has 1 unspecified atom stereocenters. The summed E-state index contributed by atoms with van der Waals surface area (Å²) in [5.41, 5.74) is 1.88. The van der Waals surface area contributed by atoms with Gasteiger partial charge in [0.2, 0.25) is 0 Å². The van der Waals surface area contributed by atoms with E-state index in [0.29, 0.717) is 17.9 Å². The summed E-state index contributed by atoms with van der Waals surface area (Å²) in [6.45, 7) is 0.623. The van der Waals surface area contributed by atoms with Gasteiger partial charge in [0.15, 0.2) is 10.8 Å². The molecule has 0 saturated heterocycles. The topological polar surface area (TPSA) is 42.0 Å². The predicted octanol–water partition coefficient (Wildman–Crippen LogP) is 3.23. The molecule has 0 radical (unpaired) electrons. The van der Waals surface area contributed by atoms with Gasteiger partial charge < -0.3 is 5.32 Å². The first-order valence-corrected chi connectivity index (χ1v) is 7.17. The fraction of sp³-hybridized carbons (Fsp3) is 0.286. The Balaban J connectivity index is 1.92. The molecule has 2 heterocycles. The van der Waals surface area contributed by atoms with E-state index >= 15 is 0 Å². The third-order valence-electron chi connectivity index (χ3n) is 3.36. The fourth-order valence-corrected chi connectivity index (χ4v) is 3.15. The molecule has 1 aliphatic heterocycles. The summed E-state index contributed by atoms with van der Waals surface area (Å²) in [6, 6.07) is 6.87. The van der Waals surface area contributed by atoms with E-state index in [0.717, 1.165) is 23.7 Å². The summed E-state index contributed by atoms with van der Waals surface area (Å²) < 4.78 is 37.7. The van der Waals surface area contributed by atoms with Gasteiger partial charge in [-0.15, -0.1) is 11.3 Å². The number of carbonyl (C=O) groups is 1. The molecule has 1 atom stereocenters. The van der Waals surface area contributed by atoms with Gasteiger partial charge in [0.1, 0.15) is 0 Å². The molecule has 7 heteroatoms. The van der Waals surface area contributed by atoms with Crippen LogP contribution >= 0.6 is 11.3 Å². The largest absolute Gasteiger partial charge is 0.443 e. The van der Waals surface area contributed by atoms with E-state index in [2.05, 4.69) is 10.3 Å². The molecule has 0 aliphatic carbocycles. The van der Waals surface area contributed by atoms with E-state index in [1.165, 1.54) is 0 Å². The van der Waals surface area contributed by atoms with Crippen LogP contribution in [0.25, 0.3) is 0 Å². The molecule has 0 amide bonds. The molecular formula is C14H11F3N2OS. The maximum atomic E-state index is 12.6. The van der Waals surface area contributed by atoms with Crippen molar-refractivity contribution in [2.45, 2.75) is 18.6 Å². The molecule has 1 aliphatic rings. The molecule has 0 fully saturated rings. The van der Waals surface area contributed by atoms with Crippen LogP contribution in [0.4, 0.5) is 13.2 Å². The van der Waals surface area contributed by atoms with E-state index in [4.69, 9.17) is 0 Å². The minimum absolute atomic E-state index is 0.0246.